The van der Waals surface area contributed by atoms with Crippen molar-refractivity contribution < 1.29 is 23.5 Å². The third-order valence-electron chi connectivity index (χ3n) is 8.53. The van der Waals surface area contributed by atoms with Gasteiger partial charge in [-0.25, -0.2) is 4.98 Å². The van der Waals surface area contributed by atoms with E-state index in [1.54, 1.807) is 11.6 Å². The molecule has 0 bridgehead atoms. The van der Waals surface area contributed by atoms with Gasteiger partial charge < -0.3 is 18.7 Å². The van der Waals surface area contributed by atoms with E-state index in [1.807, 2.05) is 12.1 Å². The minimum absolute atomic E-state index is 0.0262. The zero-order valence-electron chi connectivity index (χ0n) is 25.6. The van der Waals surface area contributed by atoms with Crippen molar-refractivity contribution in [2.24, 2.45) is 0 Å². The van der Waals surface area contributed by atoms with Gasteiger partial charge in [0.05, 0.1) is 18.8 Å². The first kappa shape index (κ1) is 31.9. The van der Waals surface area contributed by atoms with Crippen molar-refractivity contribution in [3.05, 3.63) is 77.2 Å². The number of aromatic nitrogens is 1. The lowest BCUT2D eigenvalue weighted by Gasteiger charge is -2.45. The molecule has 0 spiro atoms. The molecule has 1 aliphatic rings. The fourth-order valence-corrected chi connectivity index (χ4v) is 11.4. The number of benzene rings is 2. The number of hydrogen-bond acceptors (Lipinski definition) is 7. The third-order valence-corrected chi connectivity index (χ3v) is 18.9. The van der Waals surface area contributed by atoms with E-state index in [9.17, 15) is 9.90 Å². The van der Waals surface area contributed by atoms with Crippen LogP contribution in [0.15, 0.2) is 72.2 Å². The topological polar surface area (TPSA) is 81.2 Å². The maximum absolute atomic E-state index is 12.7. The molecule has 1 aliphatic heterocycles. The molecule has 4 rings (SSSR count). The Balaban J connectivity index is 1.70. The van der Waals surface area contributed by atoms with Gasteiger partial charge in [-0.15, -0.1) is 11.3 Å². The number of carbonyl (C=O) groups excluding carboxylic acids is 1. The number of epoxide rings is 1. The summed E-state index contributed by atoms with van der Waals surface area (Å²) in [4.78, 5) is 16.8. The van der Waals surface area contributed by atoms with Crippen LogP contribution < -0.4 is 10.4 Å². The molecule has 1 aromatic heterocycles. The zero-order chi connectivity index (χ0) is 30.1. The molecular weight excluding hydrogens is 567 g/mol. The minimum atomic E-state index is -2.92. The molecule has 0 saturated carbocycles. The number of hydrogen-bond donors (Lipinski definition) is 1. The quantitative estimate of drug-likeness (QED) is 0.158. The number of ketones is 1. The van der Waals surface area contributed by atoms with Crippen molar-refractivity contribution >= 4 is 44.1 Å². The molecule has 9 heteroatoms. The number of thiazole rings is 1. The van der Waals surface area contributed by atoms with Crippen molar-refractivity contribution in [1.29, 1.82) is 0 Å². The molecule has 41 heavy (non-hydrogen) atoms. The lowest BCUT2D eigenvalue weighted by molar-refractivity contribution is 0.0823. The fraction of sp³-hybridized carbons (Fsp3) is 0.500. The van der Waals surface area contributed by atoms with Gasteiger partial charge in [0, 0.05) is 18.0 Å². The summed E-state index contributed by atoms with van der Waals surface area (Å²) in [5.74, 6) is -0.177. The van der Waals surface area contributed by atoms with Crippen molar-refractivity contribution in [2.45, 2.75) is 95.5 Å². The highest BCUT2D eigenvalue weighted by molar-refractivity contribution is 7.11. The molecule has 0 aliphatic carbocycles. The van der Waals surface area contributed by atoms with Gasteiger partial charge >= 0.3 is 0 Å². The molecule has 6 nitrogen and oxygen atoms in total. The van der Waals surface area contributed by atoms with E-state index in [0.717, 1.165) is 0 Å². The Bertz CT molecular complexity index is 1230. The summed E-state index contributed by atoms with van der Waals surface area (Å²) in [6.45, 7) is 18.2. The zero-order valence-corrected chi connectivity index (χ0v) is 28.4. The first-order chi connectivity index (χ1) is 19.2. The monoisotopic (exact) mass is 611 g/mol. The van der Waals surface area contributed by atoms with Crippen LogP contribution in [0.1, 0.15) is 57.8 Å². The van der Waals surface area contributed by atoms with Gasteiger partial charge in [-0.2, -0.15) is 0 Å². The number of aliphatic hydroxyl groups is 1. The van der Waals surface area contributed by atoms with E-state index in [2.05, 4.69) is 108 Å². The van der Waals surface area contributed by atoms with Gasteiger partial charge in [-0.1, -0.05) is 102 Å². The van der Waals surface area contributed by atoms with Crippen LogP contribution in [0.2, 0.25) is 23.2 Å². The Kier molecular flexibility index (Phi) is 9.60. The average Bonchev–Trinajstić information content (AvgIpc) is 3.51. The van der Waals surface area contributed by atoms with Crippen LogP contribution in [-0.4, -0.2) is 63.5 Å². The second-order valence-electron chi connectivity index (χ2n) is 13.5. The van der Waals surface area contributed by atoms with Gasteiger partial charge in [-0.3, -0.25) is 4.79 Å². The predicted molar refractivity (Wildman–Crippen MR) is 171 cm³/mol. The average molecular weight is 612 g/mol. The molecule has 0 unspecified atom stereocenters. The van der Waals surface area contributed by atoms with Gasteiger partial charge in [0.1, 0.15) is 12.2 Å². The van der Waals surface area contributed by atoms with Crippen LogP contribution in [-0.2, 0) is 13.6 Å². The van der Waals surface area contributed by atoms with Crippen molar-refractivity contribution in [1.82, 2.24) is 4.98 Å². The number of carbonyl (C=O) groups is 1. The van der Waals surface area contributed by atoms with Crippen molar-refractivity contribution in [2.75, 3.05) is 6.61 Å². The highest BCUT2D eigenvalue weighted by Gasteiger charge is 2.57. The molecule has 1 fully saturated rings. The van der Waals surface area contributed by atoms with Crippen LogP contribution in [0, 0.1) is 0 Å². The molecule has 1 saturated heterocycles. The summed E-state index contributed by atoms with van der Waals surface area (Å²) in [7, 11) is -5.04. The fourth-order valence-electron chi connectivity index (χ4n) is 5.12. The number of aliphatic hydroxyl groups excluding tert-OH is 1. The van der Waals surface area contributed by atoms with Gasteiger partial charge in [-0.05, 0) is 33.5 Å². The Morgan fingerprint density at radius 3 is 1.98 bits per heavy atom. The standard InChI is InChI=1S/C32H45NO5SSi2/c1-31(2,3)40(7,8)36-22-27(29-28(37-29)25(34)21-26(35)30-33-19-20-39-30)38-41(32(4,5)6,23-15-11-9-12-16-23)24-17-13-10-14-18-24/h9-20,25,27-29,34H,21-22H2,1-8H3/t25-,27+,28+,29-/m0/s1. The summed E-state index contributed by atoms with van der Waals surface area (Å²) in [5, 5.41) is 15.4. The van der Waals surface area contributed by atoms with Gasteiger partial charge in [0.15, 0.2) is 19.1 Å². The first-order valence-corrected chi connectivity index (χ1v) is 20.1. The normalized spacial score (nSPS) is 19.5. The van der Waals surface area contributed by atoms with Gasteiger partial charge in [0.2, 0.25) is 0 Å². The van der Waals surface area contributed by atoms with E-state index in [4.69, 9.17) is 13.6 Å². The van der Waals surface area contributed by atoms with E-state index < -0.39 is 34.9 Å². The van der Waals surface area contributed by atoms with E-state index >= 15 is 0 Å². The molecule has 3 aromatic rings. The van der Waals surface area contributed by atoms with Gasteiger partial charge in [0.25, 0.3) is 8.32 Å². The summed E-state index contributed by atoms with van der Waals surface area (Å²) in [6.07, 6.45) is -0.707. The summed E-state index contributed by atoms with van der Waals surface area (Å²) in [5.41, 5.74) is 0. The van der Waals surface area contributed by atoms with Crippen molar-refractivity contribution in [3.63, 3.8) is 0 Å². The number of ether oxygens (including phenoxy) is 1. The largest absolute Gasteiger partial charge is 0.414 e. The Morgan fingerprint density at radius 2 is 1.51 bits per heavy atom. The maximum Gasteiger partial charge on any atom is 0.261 e. The second kappa shape index (κ2) is 12.3. The SMILES string of the molecule is CC(C)(C)[Si](C)(C)OC[C@@H](O[Si](c1ccccc1)(c1ccccc1)C(C)(C)C)[C@@H]1O[C@@H]1[C@@H](O)CC(=O)c1nccs1. The molecule has 0 amide bonds. The van der Waals surface area contributed by atoms with Crippen LogP contribution in [0.25, 0.3) is 0 Å². The Hall–Kier alpha value is -1.99. The van der Waals surface area contributed by atoms with E-state index in [0.29, 0.717) is 11.6 Å². The molecular formula is C32H45NO5SSi2. The Labute approximate surface area is 251 Å². The second-order valence-corrected chi connectivity index (χ2v) is 23.4. The smallest absolute Gasteiger partial charge is 0.261 e. The number of rotatable bonds is 12. The molecule has 2 aromatic carbocycles. The van der Waals surface area contributed by atoms with Crippen molar-refractivity contribution in [3.8, 4) is 0 Å². The maximum atomic E-state index is 12.7. The summed E-state index contributed by atoms with van der Waals surface area (Å²) < 4.78 is 20.4. The van der Waals surface area contributed by atoms with Crippen LogP contribution in [0.4, 0.5) is 0 Å². The van der Waals surface area contributed by atoms with Crippen LogP contribution in [0.3, 0.4) is 0 Å². The first-order valence-electron chi connectivity index (χ1n) is 14.4. The highest BCUT2D eigenvalue weighted by Crippen LogP contribution is 2.42. The molecule has 4 atom stereocenters. The summed E-state index contributed by atoms with van der Waals surface area (Å²) >= 11 is 1.28. The van der Waals surface area contributed by atoms with E-state index in [-0.39, 0.29) is 28.4 Å². The third kappa shape index (κ3) is 6.99. The minimum Gasteiger partial charge on any atom is -0.414 e. The molecule has 2 heterocycles. The lowest BCUT2D eigenvalue weighted by Crippen LogP contribution is -2.68. The highest BCUT2D eigenvalue weighted by atomic mass is 32.1. The van der Waals surface area contributed by atoms with Crippen LogP contribution in [0.5, 0.6) is 0 Å². The Morgan fingerprint density at radius 1 is 0.951 bits per heavy atom. The summed E-state index contributed by atoms with van der Waals surface area (Å²) in [6, 6.07) is 21.0. The molecule has 222 valence electrons. The van der Waals surface area contributed by atoms with Crippen LogP contribution >= 0.6 is 11.3 Å². The van der Waals surface area contributed by atoms with E-state index in [1.165, 1.54) is 21.7 Å². The number of Topliss-reactive ketones (excluding diaryl/α,β-unsaturated/α-hetero) is 1. The lowest BCUT2D eigenvalue weighted by atomic mass is 10.1. The predicted octanol–water partition coefficient (Wildman–Crippen LogP) is 5.81. The molecule has 0 radical (unpaired) electrons. The number of nitrogens with zero attached hydrogens (tertiary/aromatic N) is 1. The molecule has 1 N–H and O–H groups in total.